The summed E-state index contributed by atoms with van der Waals surface area (Å²) in [6.07, 6.45) is 0.833. The molecule has 4 heteroatoms. The minimum Gasteiger partial charge on any atom is -0.474 e. The molecule has 0 radical (unpaired) electrons. The van der Waals surface area contributed by atoms with E-state index >= 15 is 0 Å². The van der Waals surface area contributed by atoms with Gasteiger partial charge >= 0.3 is 0 Å². The minimum atomic E-state index is 0.0828. The van der Waals surface area contributed by atoms with Crippen LogP contribution in [0.3, 0.4) is 0 Å². The molecule has 1 rings (SSSR count). The fourth-order valence-electron chi connectivity index (χ4n) is 0.864. The van der Waals surface area contributed by atoms with Gasteiger partial charge in [0.15, 0.2) is 6.29 Å². The monoisotopic (exact) mass is 168 g/mol. The standard InChI is InChI=1S/C8H12N2O2/c1-6(2)12-8-4-7(5-11)10(3)9-8/h4-6H,1-3H3. The molecule has 0 amide bonds. The van der Waals surface area contributed by atoms with E-state index in [1.807, 2.05) is 13.8 Å². The fourth-order valence-corrected chi connectivity index (χ4v) is 0.864. The van der Waals surface area contributed by atoms with Gasteiger partial charge < -0.3 is 4.74 Å². The van der Waals surface area contributed by atoms with Gasteiger partial charge in [0.25, 0.3) is 0 Å². The zero-order valence-electron chi connectivity index (χ0n) is 7.44. The van der Waals surface area contributed by atoms with E-state index in [4.69, 9.17) is 4.74 Å². The lowest BCUT2D eigenvalue weighted by Crippen LogP contribution is -2.06. The molecule has 0 saturated heterocycles. The van der Waals surface area contributed by atoms with E-state index in [9.17, 15) is 4.79 Å². The van der Waals surface area contributed by atoms with E-state index in [0.717, 1.165) is 6.29 Å². The van der Waals surface area contributed by atoms with E-state index in [1.54, 1.807) is 13.1 Å². The van der Waals surface area contributed by atoms with Crippen LogP contribution in [0.25, 0.3) is 0 Å². The van der Waals surface area contributed by atoms with Crippen molar-refractivity contribution in [2.45, 2.75) is 20.0 Å². The molecular formula is C8H12N2O2. The quantitative estimate of drug-likeness (QED) is 0.633. The second-order valence-electron chi connectivity index (χ2n) is 2.82. The maximum Gasteiger partial charge on any atom is 0.233 e. The van der Waals surface area contributed by atoms with E-state index in [0.29, 0.717) is 11.6 Å². The van der Waals surface area contributed by atoms with Crippen molar-refractivity contribution in [2.75, 3.05) is 0 Å². The molecule has 0 saturated carbocycles. The molecule has 1 aromatic rings. The van der Waals surface area contributed by atoms with Crippen LogP contribution >= 0.6 is 0 Å². The topological polar surface area (TPSA) is 44.1 Å². The number of nitrogens with zero attached hydrogens (tertiary/aromatic N) is 2. The number of ether oxygens (including phenoxy) is 1. The first-order valence-electron chi connectivity index (χ1n) is 3.79. The van der Waals surface area contributed by atoms with Crippen LogP contribution in [0.15, 0.2) is 6.07 Å². The Bertz CT molecular complexity index is 279. The maximum atomic E-state index is 10.4. The Kier molecular flexibility index (Phi) is 2.47. The van der Waals surface area contributed by atoms with E-state index in [1.165, 1.54) is 4.68 Å². The average molecular weight is 168 g/mol. The number of aldehydes is 1. The van der Waals surface area contributed by atoms with Crippen LogP contribution in [0, 0.1) is 0 Å². The largest absolute Gasteiger partial charge is 0.474 e. The maximum absolute atomic E-state index is 10.4. The highest BCUT2D eigenvalue weighted by Crippen LogP contribution is 2.10. The Labute approximate surface area is 71.1 Å². The number of aryl methyl sites for hydroxylation is 1. The molecular weight excluding hydrogens is 156 g/mol. The summed E-state index contributed by atoms with van der Waals surface area (Å²) in [6, 6.07) is 1.62. The summed E-state index contributed by atoms with van der Waals surface area (Å²) in [4.78, 5) is 10.4. The van der Waals surface area contributed by atoms with Gasteiger partial charge in [0.05, 0.1) is 6.10 Å². The first-order chi connectivity index (χ1) is 5.63. The Balaban J connectivity index is 2.82. The van der Waals surface area contributed by atoms with Crippen LogP contribution in [0.2, 0.25) is 0 Å². The number of hydrogen-bond donors (Lipinski definition) is 0. The zero-order valence-corrected chi connectivity index (χ0v) is 7.44. The summed E-state index contributed by atoms with van der Waals surface area (Å²) in [6.45, 7) is 3.82. The molecule has 0 N–H and O–H groups in total. The van der Waals surface area contributed by atoms with Gasteiger partial charge in [0.1, 0.15) is 5.69 Å². The lowest BCUT2D eigenvalue weighted by molar-refractivity contribution is 0.111. The molecule has 0 fully saturated rings. The molecule has 0 unspecified atom stereocenters. The minimum absolute atomic E-state index is 0.0828. The van der Waals surface area contributed by atoms with Crippen molar-refractivity contribution in [3.63, 3.8) is 0 Å². The third-order valence-corrected chi connectivity index (χ3v) is 1.37. The number of carbonyl (C=O) groups is 1. The Morgan fingerprint density at radius 2 is 2.33 bits per heavy atom. The van der Waals surface area contributed by atoms with Gasteiger partial charge in [-0.2, -0.15) is 0 Å². The summed E-state index contributed by atoms with van der Waals surface area (Å²) in [7, 11) is 1.71. The van der Waals surface area contributed by atoms with Crippen molar-refractivity contribution in [2.24, 2.45) is 7.05 Å². The third-order valence-electron chi connectivity index (χ3n) is 1.37. The molecule has 4 nitrogen and oxygen atoms in total. The number of carbonyl (C=O) groups excluding carboxylic acids is 1. The van der Waals surface area contributed by atoms with Crippen LogP contribution in [0.4, 0.5) is 0 Å². The van der Waals surface area contributed by atoms with Gasteiger partial charge in [-0.15, -0.1) is 5.10 Å². The molecule has 12 heavy (non-hydrogen) atoms. The van der Waals surface area contributed by atoms with Gasteiger partial charge in [-0.05, 0) is 13.8 Å². The summed E-state index contributed by atoms with van der Waals surface area (Å²) in [5.41, 5.74) is 0.519. The predicted molar refractivity (Wildman–Crippen MR) is 44.4 cm³/mol. The zero-order chi connectivity index (χ0) is 9.14. The summed E-state index contributed by atoms with van der Waals surface area (Å²) in [5.74, 6) is 0.495. The lowest BCUT2D eigenvalue weighted by atomic mass is 10.4. The van der Waals surface area contributed by atoms with Gasteiger partial charge in [0, 0.05) is 13.1 Å². The third kappa shape index (κ3) is 1.84. The van der Waals surface area contributed by atoms with E-state index in [-0.39, 0.29) is 6.10 Å². The SMILES string of the molecule is CC(C)Oc1cc(C=O)n(C)n1. The van der Waals surface area contributed by atoms with Crippen molar-refractivity contribution in [1.29, 1.82) is 0 Å². The van der Waals surface area contributed by atoms with Crippen molar-refractivity contribution in [3.8, 4) is 5.88 Å². The highest BCUT2D eigenvalue weighted by atomic mass is 16.5. The number of aromatic nitrogens is 2. The Hall–Kier alpha value is -1.32. The number of hydrogen-bond acceptors (Lipinski definition) is 3. The van der Waals surface area contributed by atoms with Crippen molar-refractivity contribution in [1.82, 2.24) is 9.78 Å². The Morgan fingerprint density at radius 3 is 2.75 bits per heavy atom. The molecule has 66 valence electrons. The van der Waals surface area contributed by atoms with Crippen molar-refractivity contribution in [3.05, 3.63) is 11.8 Å². The highest BCUT2D eigenvalue weighted by Gasteiger charge is 2.05. The summed E-state index contributed by atoms with van der Waals surface area (Å²) in [5, 5.41) is 3.98. The molecule has 1 aromatic heterocycles. The summed E-state index contributed by atoms with van der Waals surface area (Å²) < 4.78 is 6.78. The fraction of sp³-hybridized carbons (Fsp3) is 0.500. The second-order valence-corrected chi connectivity index (χ2v) is 2.82. The smallest absolute Gasteiger partial charge is 0.233 e. The number of rotatable bonds is 3. The van der Waals surface area contributed by atoms with Crippen LogP contribution < -0.4 is 4.74 Å². The molecule has 0 spiro atoms. The molecule has 0 bridgehead atoms. The van der Waals surface area contributed by atoms with Gasteiger partial charge in [0.2, 0.25) is 5.88 Å². The first kappa shape index (κ1) is 8.77. The van der Waals surface area contributed by atoms with Crippen molar-refractivity contribution >= 4 is 6.29 Å². The normalized spacial score (nSPS) is 10.3. The average Bonchev–Trinajstić information content (AvgIpc) is 2.29. The molecule has 0 aliphatic carbocycles. The molecule has 0 aliphatic heterocycles. The highest BCUT2D eigenvalue weighted by molar-refractivity contribution is 5.72. The van der Waals surface area contributed by atoms with Crippen LogP contribution in [0.1, 0.15) is 24.3 Å². The molecule has 0 aromatic carbocycles. The molecule has 0 atom stereocenters. The van der Waals surface area contributed by atoms with Gasteiger partial charge in [-0.3, -0.25) is 9.48 Å². The van der Waals surface area contributed by atoms with Crippen LogP contribution in [0.5, 0.6) is 5.88 Å². The van der Waals surface area contributed by atoms with E-state index < -0.39 is 0 Å². The molecule has 0 aliphatic rings. The van der Waals surface area contributed by atoms with Crippen LogP contribution in [-0.2, 0) is 7.05 Å². The summed E-state index contributed by atoms with van der Waals surface area (Å²) >= 11 is 0. The van der Waals surface area contributed by atoms with Crippen LogP contribution in [-0.4, -0.2) is 22.2 Å². The van der Waals surface area contributed by atoms with E-state index in [2.05, 4.69) is 5.10 Å². The molecule has 1 heterocycles. The first-order valence-corrected chi connectivity index (χ1v) is 3.79. The Morgan fingerprint density at radius 1 is 1.67 bits per heavy atom. The van der Waals surface area contributed by atoms with Gasteiger partial charge in [-0.25, -0.2) is 0 Å². The van der Waals surface area contributed by atoms with Crippen molar-refractivity contribution < 1.29 is 9.53 Å². The lowest BCUT2D eigenvalue weighted by Gasteiger charge is -2.04. The van der Waals surface area contributed by atoms with Gasteiger partial charge in [-0.1, -0.05) is 0 Å². The second kappa shape index (κ2) is 3.38. The predicted octanol–water partition coefficient (Wildman–Crippen LogP) is 1.02.